The highest BCUT2D eigenvalue weighted by molar-refractivity contribution is 6.33. The van der Waals surface area contributed by atoms with Crippen LogP contribution >= 0.6 is 11.6 Å². The third-order valence-corrected chi connectivity index (χ3v) is 5.40. The van der Waals surface area contributed by atoms with Gasteiger partial charge in [0.1, 0.15) is 11.6 Å². The molecule has 3 aromatic carbocycles. The fourth-order valence-electron chi connectivity index (χ4n) is 3.31. The monoisotopic (exact) mass is 428 g/mol. The Labute approximate surface area is 181 Å². The fraction of sp³-hybridized carbons (Fsp3) is 0.250. The first-order valence-electron chi connectivity index (χ1n) is 9.85. The summed E-state index contributed by atoms with van der Waals surface area (Å²) < 4.78 is 13.5. The second-order valence-corrected chi connectivity index (χ2v) is 7.77. The zero-order chi connectivity index (χ0) is 21.5. The zero-order valence-corrected chi connectivity index (χ0v) is 17.6. The Morgan fingerprint density at radius 3 is 2.37 bits per heavy atom. The van der Waals surface area contributed by atoms with Crippen LogP contribution in [-0.4, -0.2) is 34.3 Å². The smallest absolute Gasteiger partial charge is 0.123 e. The standard InChI is InChI=1S/C24H26ClFN2O2/c1-17(16-29)28(14-18-5-3-2-4-6-18)15-24(19-7-9-20(26)10-8-19)27-23-12-11-21(30)13-22(23)25/h2-13,17,24,27,29-30H,14-16H2,1H3/t17-,24?/m1/s1. The van der Waals surface area contributed by atoms with Crippen LogP contribution in [0.15, 0.2) is 72.8 Å². The van der Waals surface area contributed by atoms with E-state index >= 15 is 0 Å². The minimum absolute atomic E-state index is 0.0168. The van der Waals surface area contributed by atoms with Crippen LogP contribution in [0.2, 0.25) is 5.02 Å². The molecule has 3 N–H and O–H groups in total. The van der Waals surface area contributed by atoms with Crippen molar-refractivity contribution in [1.82, 2.24) is 4.90 Å². The largest absolute Gasteiger partial charge is 0.508 e. The summed E-state index contributed by atoms with van der Waals surface area (Å²) in [5.74, 6) is -0.214. The summed E-state index contributed by atoms with van der Waals surface area (Å²) in [5, 5.41) is 23.3. The minimum Gasteiger partial charge on any atom is -0.508 e. The molecule has 158 valence electrons. The molecule has 0 amide bonds. The van der Waals surface area contributed by atoms with E-state index in [2.05, 4.69) is 10.2 Å². The summed E-state index contributed by atoms with van der Waals surface area (Å²) in [7, 11) is 0. The van der Waals surface area contributed by atoms with Gasteiger partial charge in [-0.2, -0.15) is 0 Å². The molecule has 0 radical (unpaired) electrons. The van der Waals surface area contributed by atoms with Crippen molar-refractivity contribution in [2.45, 2.75) is 25.6 Å². The molecule has 0 aliphatic rings. The van der Waals surface area contributed by atoms with E-state index in [9.17, 15) is 14.6 Å². The van der Waals surface area contributed by atoms with Gasteiger partial charge < -0.3 is 15.5 Å². The van der Waals surface area contributed by atoms with Crippen LogP contribution in [0.25, 0.3) is 0 Å². The number of benzene rings is 3. The second-order valence-electron chi connectivity index (χ2n) is 7.36. The number of aliphatic hydroxyl groups is 1. The molecule has 0 saturated heterocycles. The van der Waals surface area contributed by atoms with E-state index in [0.717, 1.165) is 11.1 Å². The van der Waals surface area contributed by atoms with Crippen LogP contribution < -0.4 is 5.32 Å². The number of halogens is 2. The SMILES string of the molecule is C[C@H](CO)N(Cc1ccccc1)CC(Nc1ccc(O)cc1Cl)c1ccc(F)cc1. The highest BCUT2D eigenvalue weighted by Gasteiger charge is 2.21. The minimum atomic E-state index is -0.301. The first kappa shape index (κ1) is 22.1. The molecule has 2 atom stereocenters. The second kappa shape index (κ2) is 10.4. The molecule has 4 nitrogen and oxygen atoms in total. The number of hydrogen-bond donors (Lipinski definition) is 3. The van der Waals surface area contributed by atoms with Gasteiger partial charge in [-0.25, -0.2) is 4.39 Å². The van der Waals surface area contributed by atoms with Gasteiger partial charge in [0.25, 0.3) is 0 Å². The number of nitrogens with one attached hydrogen (secondary N) is 1. The Bertz CT molecular complexity index is 938. The maximum absolute atomic E-state index is 13.5. The Kier molecular flexibility index (Phi) is 7.69. The number of hydrogen-bond acceptors (Lipinski definition) is 4. The van der Waals surface area contributed by atoms with Crippen molar-refractivity contribution in [2.24, 2.45) is 0 Å². The number of rotatable bonds is 9. The number of aliphatic hydroxyl groups excluding tert-OH is 1. The highest BCUT2D eigenvalue weighted by Crippen LogP contribution is 2.30. The average molecular weight is 429 g/mol. The molecule has 6 heteroatoms. The van der Waals surface area contributed by atoms with Gasteiger partial charge in [0, 0.05) is 25.2 Å². The van der Waals surface area contributed by atoms with E-state index in [1.807, 2.05) is 37.3 Å². The van der Waals surface area contributed by atoms with Crippen LogP contribution in [0.3, 0.4) is 0 Å². The van der Waals surface area contributed by atoms with Crippen molar-refractivity contribution in [3.05, 3.63) is 94.8 Å². The van der Waals surface area contributed by atoms with E-state index in [4.69, 9.17) is 11.6 Å². The van der Waals surface area contributed by atoms with Crippen LogP contribution in [0.4, 0.5) is 10.1 Å². The molecule has 0 heterocycles. The Morgan fingerprint density at radius 1 is 1.03 bits per heavy atom. The summed E-state index contributed by atoms with van der Waals surface area (Å²) in [6, 6.07) is 20.8. The number of nitrogens with zero attached hydrogens (tertiary/aromatic N) is 1. The Hall–Kier alpha value is -2.60. The number of phenolic OH excluding ortho intramolecular Hbond substituents is 1. The predicted molar refractivity (Wildman–Crippen MR) is 119 cm³/mol. The van der Waals surface area contributed by atoms with Crippen molar-refractivity contribution in [1.29, 1.82) is 0 Å². The summed E-state index contributed by atoms with van der Waals surface area (Å²) in [5.41, 5.74) is 2.70. The number of phenols is 1. The normalized spacial score (nSPS) is 13.2. The third-order valence-electron chi connectivity index (χ3n) is 5.09. The van der Waals surface area contributed by atoms with Crippen LogP contribution in [0.5, 0.6) is 5.75 Å². The molecule has 0 saturated carbocycles. The predicted octanol–water partition coefficient (Wildman–Crippen LogP) is 5.22. The molecular weight excluding hydrogens is 403 g/mol. The number of aromatic hydroxyl groups is 1. The fourth-order valence-corrected chi connectivity index (χ4v) is 3.54. The van der Waals surface area contributed by atoms with Crippen molar-refractivity contribution in [2.75, 3.05) is 18.5 Å². The first-order chi connectivity index (χ1) is 14.5. The molecule has 0 bridgehead atoms. The van der Waals surface area contributed by atoms with Gasteiger partial charge in [0.15, 0.2) is 0 Å². The van der Waals surface area contributed by atoms with E-state index in [0.29, 0.717) is 23.8 Å². The number of anilines is 1. The molecule has 0 aromatic heterocycles. The molecule has 0 spiro atoms. The van der Waals surface area contributed by atoms with Gasteiger partial charge in [0.05, 0.1) is 23.4 Å². The van der Waals surface area contributed by atoms with Gasteiger partial charge in [-0.3, -0.25) is 4.90 Å². The lowest BCUT2D eigenvalue weighted by atomic mass is 10.0. The van der Waals surface area contributed by atoms with E-state index in [1.54, 1.807) is 24.3 Å². The molecule has 1 unspecified atom stereocenters. The Morgan fingerprint density at radius 2 is 1.73 bits per heavy atom. The van der Waals surface area contributed by atoms with E-state index in [1.165, 1.54) is 18.2 Å². The van der Waals surface area contributed by atoms with Gasteiger partial charge in [0.2, 0.25) is 0 Å². The summed E-state index contributed by atoms with van der Waals surface area (Å²) in [6.45, 7) is 3.20. The average Bonchev–Trinajstić information content (AvgIpc) is 2.75. The van der Waals surface area contributed by atoms with Gasteiger partial charge >= 0.3 is 0 Å². The maximum Gasteiger partial charge on any atom is 0.123 e. The lowest BCUT2D eigenvalue weighted by molar-refractivity contribution is 0.123. The molecule has 3 aromatic rings. The van der Waals surface area contributed by atoms with Crippen molar-refractivity contribution in [3.63, 3.8) is 0 Å². The summed E-state index contributed by atoms with van der Waals surface area (Å²) in [6.07, 6.45) is 0. The molecule has 0 aliphatic heterocycles. The highest BCUT2D eigenvalue weighted by atomic mass is 35.5. The van der Waals surface area contributed by atoms with Crippen molar-refractivity contribution < 1.29 is 14.6 Å². The first-order valence-corrected chi connectivity index (χ1v) is 10.2. The molecule has 30 heavy (non-hydrogen) atoms. The van der Waals surface area contributed by atoms with Crippen molar-refractivity contribution in [3.8, 4) is 5.75 Å². The molecule has 0 fully saturated rings. The van der Waals surface area contributed by atoms with Crippen molar-refractivity contribution >= 4 is 17.3 Å². The van der Waals surface area contributed by atoms with Crippen LogP contribution in [0, 0.1) is 5.82 Å². The van der Waals surface area contributed by atoms with Gasteiger partial charge in [-0.05, 0) is 42.3 Å². The lowest BCUT2D eigenvalue weighted by Crippen LogP contribution is -2.39. The van der Waals surface area contributed by atoms with Gasteiger partial charge in [-0.1, -0.05) is 54.1 Å². The molecule has 3 rings (SSSR count). The van der Waals surface area contributed by atoms with Crippen LogP contribution in [-0.2, 0) is 6.54 Å². The van der Waals surface area contributed by atoms with E-state index < -0.39 is 0 Å². The quantitative estimate of drug-likeness (QED) is 0.409. The van der Waals surface area contributed by atoms with Gasteiger partial charge in [-0.15, -0.1) is 0 Å². The Balaban J connectivity index is 1.89. The molecular formula is C24H26ClFN2O2. The maximum atomic E-state index is 13.5. The zero-order valence-electron chi connectivity index (χ0n) is 16.8. The molecule has 0 aliphatic carbocycles. The summed E-state index contributed by atoms with van der Waals surface area (Å²) in [4.78, 5) is 2.17. The van der Waals surface area contributed by atoms with E-state index in [-0.39, 0.29) is 30.3 Å². The topological polar surface area (TPSA) is 55.7 Å². The summed E-state index contributed by atoms with van der Waals surface area (Å²) >= 11 is 6.31. The third kappa shape index (κ3) is 5.95. The van der Waals surface area contributed by atoms with Crippen LogP contribution in [0.1, 0.15) is 24.1 Å². The lowest BCUT2D eigenvalue weighted by Gasteiger charge is -2.33.